The molecule has 150 valence electrons. The summed E-state index contributed by atoms with van der Waals surface area (Å²) in [5, 5.41) is 29.0. The molecule has 0 aromatic carbocycles. The van der Waals surface area contributed by atoms with Crippen LogP contribution in [0.2, 0.25) is 0 Å². The fraction of sp³-hybridized carbons (Fsp3) is 0.900. The molecule has 6 heteroatoms. The number of carboxylic acids is 2. The van der Waals surface area contributed by atoms with Gasteiger partial charge in [-0.15, -0.1) is 0 Å². The number of carbonyl (C=O) groups is 2. The van der Waals surface area contributed by atoms with Crippen molar-refractivity contribution < 1.29 is 24.9 Å². The van der Waals surface area contributed by atoms with E-state index in [9.17, 15) is 15.0 Å². The van der Waals surface area contributed by atoms with E-state index in [2.05, 4.69) is 6.92 Å². The molecular weight excluding hydrogens is 360 g/mol. The summed E-state index contributed by atoms with van der Waals surface area (Å²) in [5.41, 5.74) is 0. The maximum atomic E-state index is 10.2. The summed E-state index contributed by atoms with van der Waals surface area (Å²) in [6, 6.07) is 0. The predicted molar refractivity (Wildman–Crippen MR) is 102 cm³/mol. The molecule has 0 aliphatic heterocycles. The Bertz CT molecular complexity index is 307. The van der Waals surface area contributed by atoms with Gasteiger partial charge in [0.25, 0.3) is 0 Å². The molecule has 0 heterocycles. The minimum absolute atomic E-state index is 0. The molecule has 0 amide bonds. The fourth-order valence-corrected chi connectivity index (χ4v) is 2.66. The van der Waals surface area contributed by atoms with Gasteiger partial charge < -0.3 is 24.9 Å². The Labute approximate surface area is 190 Å². The molecule has 1 atom stereocenters. The Hall–Kier alpha value is 0.160. The second-order valence-corrected chi connectivity index (χ2v) is 6.73. The molecule has 1 N–H and O–H groups in total. The Morgan fingerprint density at radius 2 is 1.12 bits per heavy atom. The molecule has 0 aromatic rings. The van der Waals surface area contributed by atoms with Crippen molar-refractivity contribution in [3.05, 3.63) is 0 Å². The number of rotatable bonds is 16. The number of carboxylic acid groups (broad SMARTS) is 2. The Balaban J connectivity index is -0.000000951. The average Bonchev–Trinajstić information content (AvgIpc) is 2.52. The predicted octanol–water partition coefficient (Wildman–Crippen LogP) is 2.34. The Morgan fingerprint density at radius 3 is 1.50 bits per heavy atom. The van der Waals surface area contributed by atoms with Crippen LogP contribution in [0, 0.1) is 0 Å². The van der Waals surface area contributed by atoms with E-state index in [1.54, 1.807) is 0 Å². The van der Waals surface area contributed by atoms with Gasteiger partial charge in [0.2, 0.25) is 0 Å². The van der Waals surface area contributed by atoms with Gasteiger partial charge in [0.1, 0.15) is 0 Å². The molecule has 0 aliphatic carbocycles. The average molecular weight is 399 g/mol. The zero-order valence-electron chi connectivity index (χ0n) is 17.0. The van der Waals surface area contributed by atoms with Crippen molar-refractivity contribution >= 4 is 49.7 Å². The molecule has 0 bridgehead atoms. The van der Waals surface area contributed by atoms with Crippen LogP contribution in [0.5, 0.6) is 0 Å². The van der Waals surface area contributed by atoms with Gasteiger partial charge in [-0.2, -0.15) is 0 Å². The quantitative estimate of drug-likeness (QED) is 0.318. The number of aliphatic hydroxyl groups is 1. The molecule has 26 heavy (non-hydrogen) atoms. The monoisotopic (exact) mass is 398 g/mol. The van der Waals surface area contributed by atoms with Gasteiger partial charge in [-0.05, 0) is 32.6 Å². The van der Waals surface area contributed by atoms with Crippen LogP contribution < -0.4 is 10.2 Å². The summed E-state index contributed by atoms with van der Waals surface area (Å²) in [5.74, 6) is -2.01. The minimum atomic E-state index is -1.08. The van der Waals surface area contributed by atoms with Crippen LogP contribution in [0.25, 0.3) is 0 Å². The molecule has 0 spiro atoms. The number of aliphatic carboxylic acids is 2. The third-order valence-corrected chi connectivity index (χ3v) is 4.06. The van der Waals surface area contributed by atoms with Gasteiger partial charge in [0.05, 0.1) is 6.10 Å². The molecule has 0 aliphatic rings. The van der Waals surface area contributed by atoms with Crippen LogP contribution >= 0.6 is 0 Å². The molecule has 0 saturated carbocycles. The number of aliphatic hydroxyl groups excluding tert-OH is 1. The van der Waals surface area contributed by atoms with Crippen molar-refractivity contribution in [1.29, 1.82) is 0 Å². The zero-order chi connectivity index (χ0) is 19.3. The van der Waals surface area contributed by atoms with Crippen LogP contribution in [-0.2, 0) is 9.59 Å². The first-order valence-electron chi connectivity index (χ1n) is 9.95. The number of carbonyl (C=O) groups excluding carboxylic acids is 2. The van der Waals surface area contributed by atoms with Crippen LogP contribution in [0.3, 0.4) is 0 Å². The first kappa shape index (κ1) is 30.9. The summed E-state index contributed by atoms with van der Waals surface area (Å²) in [6.45, 7) is 3.18. The van der Waals surface area contributed by atoms with E-state index in [1.807, 2.05) is 0 Å². The standard InChI is InChI=1S/C18H36O3.C2H4O2.Ca/c1-2-3-4-11-14-17(19)15-12-9-7-5-6-8-10-13-16-18(20)21;1-2(3)4;/h17,19H,2-16H2,1H3,(H,20,21);1H3,(H,3,4);/q;;+2/p-2. The van der Waals surface area contributed by atoms with Crippen LogP contribution in [0.15, 0.2) is 0 Å². The summed E-state index contributed by atoms with van der Waals surface area (Å²) in [4.78, 5) is 19.1. The first-order chi connectivity index (χ1) is 11.9. The molecular formula is C20H38CaO5. The van der Waals surface area contributed by atoms with Crippen molar-refractivity contribution in [1.82, 2.24) is 0 Å². The molecule has 5 nitrogen and oxygen atoms in total. The molecule has 1 unspecified atom stereocenters. The first-order valence-corrected chi connectivity index (χ1v) is 9.95. The summed E-state index contributed by atoms with van der Waals surface area (Å²) < 4.78 is 0. The van der Waals surface area contributed by atoms with Crippen molar-refractivity contribution in [3.63, 3.8) is 0 Å². The van der Waals surface area contributed by atoms with Crippen molar-refractivity contribution in [2.45, 2.75) is 116 Å². The van der Waals surface area contributed by atoms with E-state index in [1.165, 1.54) is 51.4 Å². The van der Waals surface area contributed by atoms with Crippen molar-refractivity contribution in [3.8, 4) is 0 Å². The topological polar surface area (TPSA) is 100 Å². The number of unbranched alkanes of at least 4 members (excludes halogenated alkanes) is 10. The van der Waals surface area contributed by atoms with E-state index in [4.69, 9.17) is 9.90 Å². The summed E-state index contributed by atoms with van der Waals surface area (Å²) in [7, 11) is 0. The second-order valence-electron chi connectivity index (χ2n) is 6.73. The van der Waals surface area contributed by atoms with Crippen LogP contribution in [0.1, 0.15) is 110 Å². The molecule has 0 aromatic heterocycles. The van der Waals surface area contributed by atoms with Gasteiger partial charge in [-0.3, -0.25) is 0 Å². The van der Waals surface area contributed by atoms with Crippen LogP contribution in [-0.4, -0.2) is 60.9 Å². The fourth-order valence-electron chi connectivity index (χ4n) is 2.66. The Kier molecular flexibility index (Phi) is 29.9. The third kappa shape index (κ3) is 35.3. The van der Waals surface area contributed by atoms with E-state index >= 15 is 0 Å². The zero-order valence-corrected chi connectivity index (χ0v) is 19.2. The normalized spacial score (nSPS) is 11.0. The number of hydrogen-bond donors (Lipinski definition) is 1. The summed E-state index contributed by atoms with van der Waals surface area (Å²) in [6.07, 6.45) is 15.9. The van der Waals surface area contributed by atoms with Gasteiger partial charge in [0.15, 0.2) is 0 Å². The SMILES string of the molecule is CC(=O)[O-].CCCCCCC(O)CCCCCCCCCCC(=O)[O-].[Ca+2]. The smallest absolute Gasteiger partial charge is 0.550 e. The minimum Gasteiger partial charge on any atom is -0.550 e. The van der Waals surface area contributed by atoms with Gasteiger partial charge in [0, 0.05) is 11.9 Å². The van der Waals surface area contributed by atoms with Gasteiger partial charge in [-0.25, -0.2) is 0 Å². The van der Waals surface area contributed by atoms with E-state index < -0.39 is 11.9 Å². The molecule has 0 fully saturated rings. The third-order valence-electron chi connectivity index (χ3n) is 4.06. The van der Waals surface area contributed by atoms with Gasteiger partial charge >= 0.3 is 37.7 Å². The number of hydrogen-bond acceptors (Lipinski definition) is 5. The maximum Gasteiger partial charge on any atom is 2.00 e. The van der Waals surface area contributed by atoms with Gasteiger partial charge in [-0.1, -0.05) is 77.6 Å². The largest absolute Gasteiger partial charge is 2.00 e. The van der Waals surface area contributed by atoms with E-state index in [0.29, 0.717) is 0 Å². The maximum absolute atomic E-state index is 10.2. The second kappa shape index (κ2) is 25.2. The van der Waals surface area contributed by atoms with Crippen LogP contribution in [0.4, 0.5) is 0 Å². The molecule has 0 radical (unpaired) electrons. The molecule has 0 rings (SSSR count). The Morgan fingerprint density at radius 1 is 0.769 bits per heavy atom. The van der Waals surface area contributed by atoms with Crippen molar-refractivity contribution in [2.75, 3.05) is 0 Å². The van der Waals surface area contributed by atoms with Crippen molar-refractivity contribution in [2.24, 2.45) is 0 Å². The van der Waals surface area contributed by atoms with E-state index in [-0.39, 0.29) is 50.3 Å². The summed E-state index contributed by atoms with van der Waals surface area (Å²) >= 11 is 0. The van der Waals surface area contributed by atoms with E-state index in [0.717, 1.165) is 45.4 Å². The molecule has 0 saturated heterocycles.